The van der Waals surface area contributed by atoms with Crippen molar-refractivity contribution in [2.75, 3.05) is 26.2 Å². The Bertz CT molecular complexity index is 768. The SMILES string of the molecule is C=CCN(CC=C)C(CNC(=NCc1nnc2ccccn12)NCC)C(C)C. The smallest absolute Gasteiger partial charge is 0.191 e. The van der Waals surface area contributed by atoms with E-state index in [0.717, 1.165) is 43.6 Å². The van der Waals surface area contributed by atoms with Crippen LogP contribution >= 0.6 is 0 Å². The molecule has 2 heterocycles. The van der Waals surface area contributed by atoms with Crippen molar-refractivity contribution in [1.82, 2.24) is 30.1 Å². The zero-order valence-electron chi connectivity index (χ0n) is 17.3. The number of nitrogens with one attached hydrogen (secondary N) is 2. The van der Waals surface area contributed by atoms with Crippen LogP contribution in [0.4, 0.5) is 0 Å². The van der Waals surface area contributed by atoms with Crippen molar-refractivity contribution in [2.24, 2.45) is 10.9 Å². The quantitative estimate of drug-likeness (QED) is 0.354. The van der Waals surface area contributed by atoms with E-state index in [2.05, 4.69) is 59.7 Å². The summed E-state index contributed by atoms with van der Waals surface area (Å²) in [5.74, 6) is 2.07. The van der Waals surface area contributed by atoms with Crippen molar-refractivity contribution in [2.45, 2.75) is 33.4 Å². The van der Waals surface area contributed by atoms with Gasteiger partial charge in [0.15, 0.2) is 17.4 Å². The highest BCUT2D eigenvalue weighted by atomic mass is 15.3. The number of hydrogen-bond acceptors (Lipinski definition) is 4. The topological polar surface area (TPSA) is 69.8 Å². The third-order valence-electron chi connectivity index (χ3n) is 4.55. The standard InChI is InChI=1S/C21H33N7/c1-6-12-27(13-7-2)18(17(4)5)15-23-21(22-8-3)24-16-20-26-25-19-11-9-10-14-28(19)20/h6-7,9-11,14,17-18H,1-2,8,12-13,15-16H2,3-5H3,(H2,22,23,24). The Labute approximate surface area is 168 Å². The first kappa shape index (κ1) is 21.6. The van der Waals surface area contributed by atoms with Crippen LogP contribution in [0.3, 0.4) is 0 Å². The van der Waals surface area contributed by atoms with E-state index in [1.165, 1.54) is 0 Å². The zero-order valence-corrected chi connectivity index (χ0v) is 17.3. The number of guanidine groups is 1. The molecule has 0 aliphatic carbocycles. The Hall–Kier alpha value is -2.67. The van der Waals surface area contributed by atoms with E-state index < -0.39 is 0 Å². The predicted molar refractivity (Wildman–Crippen MR) is 116 cm³/mol. The lowest BCUT2D eigenvalue weighted by Crippen LogP contribution is -2.49. The molecular formula is C21H33N7. The monoisotopic (exact) mass is 383 g/mol. The first-order valence-electron chi connectivity index (χ1n) is 9.87. The molecule has 28 heavy (non-hydrogen) atoms. The van der Waals surface area contributed by atoms with Gasteiger partial charge in [-0.1, -0.05) is 32.1 Å². The number of aliphatic imine (C=N–C) groups is 1. The van der Waals surface area contributed by atoms with Crippen molar-refractivity contribution in [3.05, 3.63) is 55.5 Å². The van der Waals surface area contributed by atoms with Crippen molar-refractivity contribution in [3.63, 3.8) is 0 Å². The minimum Gasteiger partial charge on any atom is -0.357 e. The zero-order chi connectivity index (χ0) is 20.4. The minimum atomic E-state index is 0.341. The molecule has 7 heteroatoms. The molecule has 0 fully saturated rings. The highest BCUT2D eigenvalue weighted by Gasteiger charge is 2.20. The van der Waals surface area contributed by atoms with E-state index in [9.17, 15) is 0 Å². The highest BCUT2D eigenvalue weighted by Crippen LogP contribution is 2.10. The molecule has 0 radical (unpaired) electrons. The van der Waals surface area contributed by atoms with Gasteiger partial charge in [-0.3, -0.25) is 9.30 Å². The molecular weight excluding hydrogens is 350 g/mol. The van der Waals surface area contributed by atoms with Crippen molar-refractivity contribution < 1.29 is 0 Å². The molecule has 0 spiro atoms. The Morgan fingerprint density at radius 1 is 1.21 bits per heavy atom. The van der Waals surface area contributed by atoms with E-state index in [-0.39, 0.29) is 0 Å². The second-order valence-electron chi connectivity index (χ2n) is 6.96. The molecule has 2 aromatic heterocycles. The van der Waals surface area contributed by atoms with Gasteiger partial charge < -0.3 is 10.6 Å². The van der Waals surface area contributed by atoms with E-state index in [4.69, 9.17) is 4.99 Å². The Morgan fingerprint density at radius 2 is 1.96 bits per heavy atom. The third-order valence-corrected chi connectivity index (χ3v) is 4.55. The fourth-order valence-corrected chi connectivity index (χ4v) is 3.15. The maximum Gasteiger partial charge on any atom is 0.191 e. The molecule has 0 aliphatic heterocycles. The molecule has 2 aromatic rings. The van der Waals surface area contributed by atoms with Crippen molar-refractivity contribution in [3.8, 4) is 0 Å². The second kappa shape index (κ2) is 11.2. The minimum absolute atomic E-state index is 0.341. The number of hydrogen-bond donors (Lipinski definition) is 2. The van der Waals surface area contributed by atoms with Gasteiger partial charge in [0.05, 0.1) is 0 Å². The molecule has 1 unspecified atom stereocenters. The number of nitrogens with zero attached hydrogens (tertiary/aromatic N) is 5. The molecule has 1 atom stereocenters. The lowest BCUT2D eigenvalue weighted by Gasteiger charge is -2.33. The Balaban J connectivity index is 2.08. The molecule has 0 saturated carbocycles. The van der Waals surface area contributed by atoms with Crippen LogP contribution < -0.4 is 10.6 Å². The molecule has 2 N–H and O–H groups in total. The largest absolute Gasteiger partial charge is 0.357 e. The average molecular weight is 384 g/mol. The summed E-state index contributed by atoms with van der Waals surface area (Å²) >= 11 is 0. The van der Waals surface area contributed by atoms with Gasteiger partial charge >= 0.3 is 0 Å². The maximum absolute atomic E-state index is 4.70. The van der Waals surface area contributed by atoms with Crippen LogP contribution in [0.1, 0.15) is 26.6 Å². The van der Waals surface area contributed by atoms with Gasteiger partial charge in [0.1, 0.15) is 6.54 Å². The average Bonchev–Trinajstić information content (AvgIpc) is 3.09. The fraction of sp³-hybridized carbons (Fsp3) is 0.476. The molecule has 0 bridgehead atoms. The van der Waals surface area contributed by atoms with Crippen molar-refractivity contribution in [1.29, 1.82) is 0 Å². The maximum atomic E-state index is 4.70. The molecule has 0 amide bonds. The van der Waals surface area contributed by atoms with Crippen LogP contribution in [0.25, 0.3) is 5.65 Å². The van der Waals surface area contributed by atoms with E-state index >= 15 is 0 Å². The number of rotatable bonds is 11. The molecule has 152 valence electrons. The summed E-state index contributed by atoms with van der Waals surface area (Å²) in [4.78, 5) is 7.07. The van der Waals surface area contributed by atoms with Crippen molar-refractivity contribution >= 4 is 11.6 Å². The molecule has 0 aromatic carbocycles. The van der Waals surface area contributed by atoms with Gasteiger partial charge in [-0.2, -0.15) is 0 Å². The number of pyridine rings is 1. The summed E-state index contributed by atoms with van der Waals surface area (Å²) in [5.41, 5.74) is 0.829. The summed E-state index contributed by atoms with van der Waals surface area (Å²) in [5, 5.41) is 15.2. The number of fused-ring (bicyclic) bond motifs is 1. The summed E-state index contributed by atoms with van der Waals surface area (Å²) in [6, 6.07) is 6.19. The lowest BCUT2D eigenvalue weighted by molar-refractivity contribution is 0.190. The lowest BCUT2D eigenvalue weighted by atomic mass is 10.0. The van der Waals surface area contributed by atoms with E-state index in [0.29, 0.717) is 18.5 Å². The van der Waals surface area contributed by atoms with E-state index in [1.807, 2.05) is 40.9 Å². The van der Waals surface area contributed by atoms with Crippen LogP contribution in [0, 0.1) is 5.92 Å². The fourth-order valence-electron chi connectivity index (χ4n) is 3.15. The molecule has 0 aliphatic rings. The molecule has 7 nitrogen and oxygen atoms in total. The summed E-state index contributed by atoms with van der Waals surface area (Å²) < 4.78 is 1.96. The predicted octanol–water partition coefficient (Wildman–Crippen LogP) is 2.48. The van der Waals surface area contributed by atoms with Gasteiger partial charge in [-0.05, 0) is 25.0 Å². The second-order valence-corrected chi connectivity index (χ2v) is 6.96. The normalized spacial score (nSPS) is 13.1. The molecule has 0 saturated heterocycles. The van der Waals surface area contributed by atoms with Gasteiger partial charge in [0.2, 0.25) is 0 Å². The summed E-state index contributed by atoms with van der Waals surface area (Å²) in [6.07, 6.45) is 5.83. The summed E-state index contributed by atoms with van der Waals surface area (Å²) in [6.45, 7) is 18.0. The molecule has 2 rings (SSSR count). The first-order valence-corrected chi connectivity index (χ1v) is 9.87. The Kier molecular flexibility index (Phi) is 8.68. The van der Waals surface area contributed by atoms with Gasteiger partial charge in [0.25, 0.3) is 0 Å². The van der Waals surface area contributed by atoms with E-state index in [1.54, 1.807) is 0 Å². The van der Waals surface area contributed by atoms with Gasteiger partial charge in [-0.15, -0.1) is 23.4 Å². The van der Waals surface area contributed by atoms with Gasteiger partial charge in [0, 0.05) is 38.4 Å². The summed E-state index contributed by atoms with van der Waals surface area (Å²) in [7, 11) is 0. The Morgan fingerprint density at radius 3 is 2.61 bits per heavy atom. The first-order chi connectivity index (χ1) is 13.6. The van der Waals surface area contributed by atoms with Crippen LogP contribution in [0.5, 0.6) is 0 Å². The third kappa shape index (κ3) is 5.92. The van der Waals surface area contributed by atoms with Gasteiger partial charge in [-0.25, -0.2) is 4.99 Å². The van der Waals surface area contributed by atoms with Crippen LogP contribution in [0.15, 0.2) is 54.7 Å². The van der Waals surface area contributed by atoms with Crippen LogP contribution in [-0.4, -0.2) is 57.7 Å². The van der Waals surface area contributed by atoms with Crippen LogP contribution in [0.2, 0.25) is 0 Å². The van der Waals surface area contributed by atoms with Crippen LogP contribution in [-0.2, 0) is 6.54 Å². The highest BCUT2D eigenvalue weighted by molar-refractivity contribution is 5.79. The number of aromatic nitrogens is 3.